The van der Waals surface area contributed by atoms with E-state index in [9.17, 15) is 4.39 Å². The molecule has 94 valence electrons. The maximum absolute atomic E-state index is 14.0. The van der Waals surface area contributed by atoms with E-state index in [1.54, 1.807) is 6.07 Å². The molecule has 1 atom stereocenters. The molecule has 0 aromatic heterocycles. The zero-order valence-electron chi connectivity index (χ0n) is 9.82. The van der Waals surface area contributed by atoms with Gasteiger partial charge in [-0.25, -0.2) is 4.39 Å². The first kappa shape index (κ1) is 12.3. The molecule has 5 heteroatoms. The Morgan fingerprint density at radius 2 is 2.06 bits per heavy atom. The van der Waals surface area contributed by atoms with Crippen LogP contribution in [0.25, 0.3) is 0 Å². The number of piperazine rings is 1. The second-order valence-corrected chi connectivity index (χ2v) is 4.29. The summed E-state index contributed by atoms with van der Waals surface area (Å²) < 4.78 is 14.0. The van der Waals surface area contributed by atoms with E-state index in [1.165, 1.54) is 6.07 Å². The summed E-state index contributed by atoms with van der Waals surface area (Å²) in [5, 5.41) is 3.24. The van der Waals surface area contributed by atoms with Gasteiger partial charge in [0.15, 0.2) is 0 Å². The Bertz CT molecular complexity index is 377. The Balaban J connectivity index is 2.18. The molecule has 1 saturated heterocycles. The van der Waals surface area contributed by atoms with Gasteiger partial charge in [0, 0.05) is 38.8 Å². The smallest absolute Gasteiger partial charge is 0.146 e. The Morgan fingerprint density at radius 1 is 1.35 bits per heavy atom. The van der Waals surface area contributed by atoms with E-state index in [0.717, 1.165) is 31.7 Å². The minimum Gasteiger partial charge on any atom is -0.367 e. The van der Waals surface area contributed by atoms with E-state index in [0.29, 0.717) is 12.2 Å². The van der Waals surface area contributed by atoms with Gasteiger partial charge in [-0.15, -0.1) is 0 Å². The SMILES string of the molecule is NC[C@@H](N)c1ccc(N2CCNCC2)c(F)c1. The van der Waals surface area contributed by atoms with Crippen LogP contribution < -0.4 is 21.7 Å². The Kier molecular flexibility index (Phi) is 3.93. The molecule has 0 aliphatic carbocycles. The van der Waals surface area contributed by atoms with E-state index in [2.05, 4.69) is 5.32 Å². The van der Waals surface area contributed by atoms with Crippen molar-refractivity contribution in [3.8, 4) is 0 Å². The molecule has 5 N–H and O–H groups in total. The van der Waals surface area contributed by atoms with Crippen molar-refractivity contribution in [2.45, 2.75) is 6.04 Å². The Morgan fingerprint density at radius 3 is 2.65 bits per heavy atom. The summed E-state index contributed by atoms with van der Waals surface area (Å²) >= 11 is 0. The molecule has 0 amide bonds. The van der Waals surface area contributed by atoms with Crippen molar-refractivity contribution in [3.05, 3.63) is 29.6 Å². The number of nitrogens with one attached hydrogen (secondary N) is 1. The van der Waals surface area contributed by atoms with Gasteiger partial charge in [0.1, 0.15) is 5.82 Å². The number of nitrogens with zero attached hydrogens (tertiary/aromatic N) is 1. The fourth-order valence-electron chi connectivity index (χ4n) is 2.05. The van der Waals surface area contributed by atoms with Crippen LogP contribution in [0.5, 0.6) is 0 Å². The maximum Gasteiger partial charge on any atom is 0.146 e. The number of anilines is 1. The Labute approximate surface area is 101 Å². The second kappa shape index (κ2) is 5.44. The van der Waals surface area contributed by atoms with Crippen molar-refractivity contribution in [3.63, 3.8) is 0 Å². The van der Waals surface area contributed by atoms with Gasteiger partial charge in [0.25, 0.3) is 0 Å². The molecule has 0 bridgehead atoms. The first-order chi connectivity index (χ1) is 8.22. The third kappa shape index (κ3) is 2.74. The van der Waals surface area contributed by atoms with Gasteiger partial charge in [-0.05, 0) is 17.7 Å². The van der Waals surface area contributed by atoms with Gasteiger partial charge >= 0.3 is 0 Å². The summed E-state index contributed by atoms with van der Waals surface area (Å²) in [6, 6.07) is 4.86. The van der Waals surface area contributed by atoms with Crippen molar-refractivity contribution in [1.29, 1.82) is 0 Å². The summed E-state index contributed by atoms with van der Waals surface area (Å²) in [7, 11) is 0. The summed E-state index contributed by atoms with van der Waals surface area (Å²) in [6.45, 7) is 3.78. The average Bonchev–Trinajstić information content (AvgIpc) is 2.38. The van der Waals surface area contributed by atoms with Crippen LogP contribution in [-0.2, 0) is 0 Å². The monoisotopic (exact) mass is 238 g/mol. The normalized spacial score (nSPS) is 18.2. The quantitative estimate of drug-likeness (QED) is 0.703. The molecule has 0 radical (unpaired) electrons. The molecule has 1 fully saturated rings. The lowest BCUT2D eigenvalue weighted by Crippen LogP contribution is -2.43. The van der Waals surface area contributed by atoms with Crippen LogP contribution in [-0.4, -0.2) is 32.7 Å². The largest absolute Gasteiger partial charge is 0.367 e. The molecule has 2 rings (SSSR count). The molecular weight excluding hydrogens is 219 g/mol. The molecule has 1 aromatic carbocycles. The van der Waals surface area contributed by atoms with Crippen molar-refractivity contribution < 1.29 is 4.39 Å². The topological polar surface area (TPSA) is 67.3 Å². The number of halogens is 1. The van der Waals surface area contributed by atoms with E-state index in [1.807, 2.05) is 11.0 Å². The van der Waals surface area contributed by atoms with Crippen molar-refractivity contribution >= 4 is 5.69 Å². The molecule has 17 heavy (non-hydrogen) atoms. The predicted octanol–water partition coefficient (Wildman–Crippen LogP) is 0.194. The second-order valence-electron chi connectivity index (χ2n) is 4.29. The molecule has 0 unspecified atom stereocenters. The third-order valence-electron chi connectivity index (χ3n) is 3.11. The van der Waals surface area contributed by atoms with Crippen molar-refractivity contribution in [1.82, 2.24) is 5.32 Å². The van der Waals surface area contributed by atoms with Gasteiger partial charge in [0.05, 0.1) is 5.69 Å². The first-order valence-corrected chi connectivity index (χ1v) is 5.93. The maximum atomic E-state index is 14.0. The van der Waals surface area contributed by atoms with Crippen LogP contribution in [0, 0.1) is 5.82 Å². The lowest BCUT2D eigenvalue weighted by atomic mass is 10.1. The van der Waals surface area contributed by atoms with E-state index in [-0.39, 0.29) is 11.9 Å². The molecule has 1 heterocycles. The fourth-order valence-corrected chi connectivity index (χ4v) is 2.05. The van der Waals surface area contributed by atoms with Gasteiger partial charge < -0.3 is 21.7 Å². The highest BCUT2D eigenvalue weighted by Gasteiger charge is 2.15. The number of nitrogens with two attached hydrogens (primary N) is 2. The van der Waals surface area contributed by atoms with E-state index < -0.39 is 0 Å². The summed E-state index contributed by atoms with van der Waals surface area (Å²) in [4.78, 5) is 2.05. The zero-order valence-corrected chi connectivity index (χ0v) is 9.82. The minimum absolute atomic E-state index is 0.215. The molecule has 0 spiro atoms. The lowest BCUT2D eigenvalue weighted by molar-refractivity contribution is 0.564. The number of rotatable bonds is 3. The lowest BCUT2D eigenvalue weighted by Gasteiger charge is -2.30. The van der Waals surface area contributed by atoms with Crippen LogP contribution in [0.2, 0.25) is 0 Å². The molecule has 1 aromatic rings. The van der Waals surface area contributed by atoms with Gasteiger partial charge in [0.2, 0.25) is 0 Å². The van der Waals surface area contributed by atoms with Crippen LogP contribution in [0.1, 0.15) is 11.6 Å². The van der Waals surface area contributed by atoms with Gasteiger partial charge in [-0.2, -0.15) is 0 Å². The van der Waals surface area contributed by atoms with E-state index >= 15 is 0 Å². The standard InChI is InChI=1S/C12H19FN4/c13-10-7-9(11(15)8-14)1-2-12(10)17-5-3-16-4-6-17/h1-2,7,11,16H,3-6,8,14-15H2/t11-/m1/s1. The molecule has 1 aliphatic rings. The first-order valence-electron chi connectivity index (χ1n) is 5.93. The average molecular weight is 238 g/mol. The van der Waals surface area contributed by atoms with Crippen LogP contribution >= 0.6 is 0 Å². The highest BCUT2D eigenvalue weighted by atomic mass is 19.1. The number of hydrogen-bond acceptors (Lipinski definition) is 4. The van der Waals surface area contributed by atoms with Crippen molar-refractivity contribution in [2.75, 3.05) is 37.6 Å². The fraction of sp³-hybridized carbons (Fsp3) is 0.500. The molecule has 4 nitrogen and oxygen atoms in total. The van der Waals surface area contributed by atoms with Crippen LogP contribution in [0.3, 0.4) is 0 Å². The molecule has 1 aliphatic heterocycles. The summed E-state index contributed by atoms with van der Waals surface area (Å²) in [5.74, 6) is -0.215. The van der Waals surface area contributed by atoms with E-state index in [4.69, 9.17) is 11.5 Å². The number of hydrogen-bond donors (Lipinski definition) is 3. The van der Waals surface area contributed by atoms with Gasteiger partial charge in [-0.3, -0.25) is 0 Å². The summed E-state index contributed by atoms with van der Waals surface area (Å²) in [6.07, 6.45) is 0. The van der Waals surface area contributed by atoms with Crippen LogP contribution in [0.15, 0.2) is 18.2 Å². The number of benzene rings is 1. The molecule has 0 saturated carbocycles. The van der Waals surface area contributed by atoms with Crippen LogP contribution in [0.4, 0.5) is 10.1 Å². The predicted molar refractivity (Wildman–Crippen MR) is 67.5 cm³/mol. The third-order valence-corrected chi connectivity index (χ3v) is 3.11. The molecular formula is C12H19FN4. The Hall–Kier alpha value is -1.17. The highest BCUT2D eigenvalue weighted by Crippen LogP contribution is 2.22. The van der Waals surface area contributed by atoms with Gasteiger partial charge in [-0.1, -0.05) is 6.07 Å². The zero-order chi connectivity index (χ0) is 12.3. The van der Waals surface area contributed by atoms with Crippen molar-refractivity contribution in [2.24, 2.45) is 11.5 Å². The minimum atomic E-state index is -0.290. The highest BCUT2D eigenvalue weighted by molar-refractivity contribution is 5.50. The summed E-state index contributed by atoms with van der Waals surface area (Å²) in [5.41, 5.74) is 12.7.